The van der Waals surface area contributed by atoms with E-state index in [0.717, 1.165) is 11.1 Å². The van der Waals surface area contributed by atoms with Crippen molar-refractivity contribution in [2.24, 2.45) is 0 Å². The van der Waals surface area contributed by atoms with Crippen molar-refractivity contribution in [3.05, 3.63) is 59.7 Å². The van der Waals surface area contributed by atoms with Gasteiger partial charge in [-0.05, 0) is 49.4 Å². The number of ether oxygens (including phenoxy) is 2. The van der Waals surface area contributed by atoms with E-state index < -0.39 is 6.04 Å². The molecule has 168 valence electrons. The zero-order valence-corrected chi connectivity index (χ0v) is 19.0. The standard InChI is InChI=1S/C25H34N2O4/c1-5-21(25(29)26-6-2)27(17-16-19-10-8-7-9-11-19)24(28)15-13-20-12-14-22(30-3)23(18-20)31-4/h7-12,14,18,21H,5-6,13,15-17H2,1-4H3,(H,26,29)/t21-/m1/s1. The summed E-state index contributed by atoms with van der Waals surface area (Å²) in [6.45, 7) is 4.88. The number of hydrogen-bond acceptors (Lipinski definition) is 4. The van der Waals surface area contributed by atoms with Crippen LogP contribution >= 0.6 is 0 Å². The molecular weight excluding hydrogens is 392 g/mol. The molecule has 0 saturated heterocycles. The van der Waals surface area contributed by atoms with Crippen molar-refractivity contribution in [1.82, 2.24) is 10.2 Å². The molecule has 31 heavy (non-hydrogen) atoms. The molecule has 0 bridgehead atoms. The monoisotopic (exact) mass is 426 g/mol. The van der Waals surface area contributed by atoms with Crippen molar-refractivity contribution in [1.29, 1.82) is 0 Å². The fourth-order valence-corrected chi connectivity index (χ4v) is 3.62. The Morgan fingerprint density at radius 2 is 1.65 bits per heavy atom. The second-order valence-electron chi connectivity index (χ2n) is 7.33. The van der Waals surface area contributed by atoms with E-state index in [1.807, 2.05) is 62.4 Å². The number of nitrogens with one attached hydrogen (secondary N) is 1. The number of carbonyl (C=O) groups is 2. The Labute approximate surface area is 185 Å². The number of hydrogen-bond donors (Lipinski definition) is 1. The van der Waals surface area contributed by atoms with Gasteiger partial charge < -0.3 is 19.7 Å². The predicted molar refractivity (Wildman–Crippen MR) is 122 cm³/mol. The fourth-order valence-electron chi connectivity index (χ4n) is 3.62. The first-order chi connectivity index (χ1) is 15.0. The first-order valence-corrected chi connectivity index (χ1v) is 10.9. The maximum atomic E-state index is 13.2. The maximum Gasteiger partial charge on any atom is 0.242 e. The third-order valence-electron chi connectivity index (χ3n) is 5.30. The molecule has 0 fully saturated rings. The van der Waals surface area contributed by atoms with Crippen molar-refractivity contribution in [2.45, 2.75) is 45.6 Å². The summed E-state index contributed by atoms with van der Waals surface area (Å²) in [6.07, 6.45) is 2.16. The van der Waals surface area contributed by atoms with Crippen molar-refractivity contribution < 1.29 is 19.1 Å². The molecule has 6 nitrogen and oxygen atoms in total. The molecule has 0 saturated carbocycles. The van der Waals surface area contributed by atoms with Crippen LogP contribution in [0.4, 0.5) is 0 Å². The minimum atomic E-state index is -0.471. The first kappa shape index (κ1) is 24.3. The highest BCUT2D eigenvalue weighted by molar-refractivity contribution is 5.87. The summed E-state index contributed by atoms with van der Waals surface area (Å²) < 4.78 is 10.6. The lowest BCUT2D eigenvalue weighted by molar-refractivity contribution is -0.140. The molecule has 2 aromatic carbocycles. The minimum Gasteiger partial charge on any atom is -0.493 e. The second kappa shape index (κ2) is 12.6. The third kappa shape index (κ3) is 7.02. The van der Waals surface area contributed by atoms with E-state index in [1.165, 1.54) is 0 Å². The lowest BCUT2D eigenvalue weighted by Crippen LogP contribution is -2.50. The molecule has 1 atom stereocenters. The molecule has 0 aliphatic carbocycles. The Hall–Kier alpha value is -3.02. The lowest BCUT2D eigenvalue weighted by Gasteiger charge is -2.30. The lowest BCUT2D eigenvalue weighted by atomic mass is 10.1. The molecule has 0 radical (unpaired) electrons. The van der Waals surface area contributed by atoms with Crippen LogP contribution in [0.25, 0.3) is 0 Å². The summed E-state index contributed by atoms with van der Waals surface area (Å²) >= 11 is 0. The third-order valence-corrected chi connectivity index (χ3v) is 5.30. The molecule has 0 aliphatic heterocycles. The van der Waals surface area contributed by atoms with E-state index in [2.05, 4.69) is 5.32 Å². The Morgan fingerprint density at radius 3 is 2.26 bits per heavy atom. The Kier molecular flexibility index (Phi) is 9.88. The predicted octanol–water partition coefficient (Wildman–Crippen LogP) is 3.62. The molecule has 0 unspecified atom stereocenters. The van der Waals surface area contributed by atoms with Crippen LogP contribution in [0.1, 0.15) is 37.8 Å². The van der Waals surface area contributed by atoms with Crippen LogP contribution in [0.15, 0.2) is 48.5 Å². The summed E-state index contributed by atoms with van der Waals surface area (Å²) in [7, 11) is 3.19. The number of rotatable bonds is 12. The molecule has 6 heteroatoms. The van der Waals surface area contributed by atoms with Crippen molar-refractivity contribution >= 4 is 11.8 Å². The van der Waals surface area contributed by atoms with Gasteiger partial charge in [-0.3, -0.25) is 9.59 Å². The van der Waals surface area contributed by atoms with Crippen molar-refractivity contribution in [2.75, 3.05) is 27.3 Å². The van der Waals surface area contributed by atoms with Crippen LogP contribution in [-0.2, 0) is 22.4 Å². The first-order valence-electron chi connectivity index (χ1n) is 10.9. The van der Waals surface area contributed by atoms with Crippen LogP contribution in [0, 0.1) is 0 Å². The fraction of sp³-hybridized carbons (Fsp3) is 0.440. The minimum absolute atomic E-state index is 0.0242. The van der Waals surface area contributed by atoms with Gasteiger partial charge in [0.25, 0.3) is 0 Å². The number of nitrogens with zero attached hydrogens (tertiary/aromatic N) is 1. The molecule has 0 spiro atoms. The number of benzene rings is 2. The highest BCUT2D eigenvalue weighted by Crippen LogP contribution is 2.28. The van der Waals surface area contributed by atoms with Gasteiger partial charge in [-0.15, -0.1) is 0 Å². The second-order valence-corrected chi connectivity index (χ2v) is 7.33. The topological polar surface area (TPSA) is 67.9 Å². The quantitative estimate of drug-likeness (QED) is 0.563. The van der Waals surface area contributed by atoms with Gasteiger partial charge in [0, 0.05) is 19.5 Å². The zero-order chi connectivity index (χ0) is 22.6. The Morgan fingerprint density at radius 1 is 0.935 bits per heavy atom. The van der Waals surface area contributed by atoms with Crippen LogP contribution in [0.3, 0.4) is 0 Å². The van der Waals surface area contributed by atoms with Crippen LogP contribution in [0.2, 0.25) is 0 Å². The van der Waals surface area contributed by atoms with Crippen LogP contribution in [-0.4, -0.2) is 50.1 Å². The van der Waals surface area contributed by atoms with Gasteiger partial charge in [0.05, 0.1) is 14.2 Å². The zero-order valence-electron chi connectivity index (χ0n) is 19.0. The number of carbonyl (C=O) groups excluding carboxylic acids is 2. The van der Waals surface area contributed by atoms with Gasteiger partial charge in [-0.2, -0.15) is 0 Å². The number of aryl methyl sites for hydroxylation is 1. The maximum absolute atomic E-state index is 13.2. The SMILES string of the molecule is CCNC(=O)[C@@H](CC)N(CCc1ccccc1)C(=O)CCc1ccc(OC)c(OC)c1. The molecule has 2 amide bonds. The molecule has 0 aliphatic rings. The average molecular weight is 427 g/mol. The largest absolute Gasteiger partial charge is 0.493 e. The average Bonchev–Trinajstić information content (AvgIpc) is 2.80. The molecular formula is C25H34N2O4. The van der Waals surface area contributed by atoms with Gasteiger partial charge in [0.15, 0.2) is 11.5 Å². The van der Waals surface area contributed by atoms with E-state index in [9.17, 15) is 9.59 Å². The van der Waals surface area contributed by atoms with Crippen LogP contribution < -0.4 is 14.8 Å². The Bertz CT molecular complexity index is 839. The molecule has 0 heterocycles. The van der Waals surface area contributed by atoms with Crippen molar-refractivity contribution in [3.8, 4) is 11.5 Å². The summed E-state index contributed by atoms with van der Waals surface area (Å²) in [4.78, 5) is 27.6. The molecule has 1 N–H and O–H groups in total. The van der Waals surface area contributed by atoms with E-state index in [-0.39, 0.29) is 11.8 Å². The Balaban J connectivity index is 2.13. The molecule has 2 rings (SSSR count). The number of amides is 2. The number of likely N-dealkylation sites (N-methyl/N-ethyl adjacent to an activating group) is 1. The summed E-state index contributed by atoms with van der Waals surface area (Å²) in [5.41, 5.74) is 2.13. The van der Waals surface area contributed by atoms with E-state index in [0.29, 0.717) is 50.3 Å². The number of methoxy groups -OCH3 is 2. The van der Waals surface area contributed by atoms with Gasteiger partial charge in [-0.25, -0.2) is 0 Å². The molecule has 0 aromatic heterocycles. The van der Waals surface area contributed by atoms with E-state index in [1.54, 1.807) is 19.1 Å². The van der Waals surface area contributed by atoms with Gasteiger partial charge >= 0.3 is 0 Å². The van der Waals surface area contributed by atoms with Gasteiger partial charge in [-0.1, -0.05) is 43.3 Å². The summed E-state index contributed by atoms with van der Waals surface area (Å²) in [6, 6.07) is 15.2. The van der Waals surface area contributed by atoms with E-state index >= 15 is 0 Å². The van der Waals surface area contributed by atoms with Crippen LogP contribution in [0.5, 0.6) is 11.5 Å². The smallest absolute Gasteiger partial charge is 0.242 e. The summed E-state index contributed by atoms with van der Waals surface area (Å²) in [5.74, 6) is 1.17. The highest BCUT2D eigenvalue weighted by Gasteiger charge is 2.27. The van der Waals surface area contributed by atoms with E-state index in [4.69, 9.17) is 9.47 Å². The van der Waals surface area contributed by atoms with Gasteiger partial charge in [0.1, 0.15) is 6.04 Å². The summed E-state index contributed by atoms with van der Waals surface area (Å²) in [5, 5.41) is 2.87. The molecule has 2 aromatic rings. The normalized spacial score (nSPS) is 11.5. The van der Waals surface area contributed by atoms with Crippen molar-refractivity contribution in [3.63, 3.8) is 0 Å². The highest BCUT2D eigenvalue weighted by atomic mass is 16.5. The van der Waals surface area contributed by atoms with Gasteiger partial charge in [0.2, 0.25) is 11.8 Å².